The molecule has 0 heterocycles. The predicted molar refractivity (Wildman–Crippen MR) is 128 cm³/mol. The highest BCUT2D eigenvalue weighted by molar-refractivity contribution is 5.87. The van der Waals surface area contributed by atoms with Crippen molar-refractivity contribution in [2.24, 2.45) is 11.8 Å². The van der Waals surface area contributed by atoms with Crippen molar-refractivity contribution in [3.8, 4) is 0 Å². The van der Waals surface area contributed by atoms with Crippen LogP contribution in [0.3, 0.4) is 0 Å². The molecule has 0 aliphatic carbocycles. The van der Waals surface area contributed by atoms with Gasteiger partial charge in [-0.25, -0.2) is 4.79 Å². The molecule has 0 aromatic carbocycles. The van der Waals surface area contributed by atoms with Gasteiger partial charge in [0, 0.05) is 5.57 Å². The van der Waals surface area contributed by atoms with Crippen molar-refractivity contribution in [2.75, 3.05) is 0 Å². The van der Waals surface area contributed by atoms with E-state index in [1.165, 1.54) is 89.9 Å². The predicted octanol–water partition coefficient (Wildman–Crippen LogP) is 9.03. The fourth-order valence-corrected chi connectivity index (χ4v) is 3.87. The molecular formula is C27H52O2. The van der Waals surface area contributed by atoms with E-state index in [0.29, 0.717) is 5.57 Å². The lowest BCUT2D eigenvalue weighted by molar-refractivity contribution is -0.143. The number of ether oxygens (including phenoxy) is 1. The maximum Gasteiger partial charge on any atom is 0.333 e. The summed E-state index contributed by atoms with van der Waals surface area (Å²) < 4.78 is 5.32. The van der Waals surface area contributed by atoms with Gasteiger partial charge >= 0.3 is 5.97 Å². The smallest absolute Gasteiger partial charge is 0.333 e. The Labute approximate surface area is 183 Å². The minimum Gasteiger partial charge on any atom is -0.459 e. The van der Waals surface area contributed by atoms with Crippen LogP contribution in [0.2, 0.25) is 0 Å². The molecule has 2 heteroatoms. The molecule has 0 radical (unpaired) electrons. The van der Waals surface area contributed by atoms with Gasteiger partial charge in [-0.15, -0.1) is 0 Å². The third kappa shape index (κ3) is 20.3. The molecule has 0 N–H and O–H groups in total. The van der Waals surface area contributed by atoms with Gasteiger partial charge in [-0.05, 0) is 38.5 Å². The van der Waals surface area contributed by atoms with Crippen LogP contribution in [0, 0.1) is 11.8 Å². The number of esters is 1. The quantitative estimate of drug-likeness (QED) is 0.114. The Kier molecular flexibility index (Phi) is 18.7. The first-order chi connectivity index (χ1) is 13.8. The molecule has 0 saturated carbocycles. The average Bonchev–Trinajstić information content (AvgIpc) is 2.65. The van der Waals surface area contributed by atoms with Crippen LogP contribution in [0.5, 0.6) is 0 Å². The molecule has 0 aliphatic heterocycles. The van der Waals surface area contributed by atoms with Gasteiger partial charge in [0.05, 0.1) is 6.10 Å². The van der Waals surface area contributed by atoms with Crippen molar-refractivity contribution in [2.45, 2.75) is 143 Å². The largest absolute Gasteiger partial charge is 0.459 e. The van der Waals surface area contributed by atoms with E-state index in [2.05, 4.69) is 27.4 Å². The van der Waals surface area contributed by atoms with Crippen molar-refractivity contribution in [3.05, 3.63) is 12.2 Å². The lowest BCUT2D eigenvalue weighted by Gasteiger charge is -2.13. The monoisotopic (exact) mass is 408 g/mol. The maximum absolute atomic E-state index is 11.5. The molecule has 0 aliphatic rings. The average molecular weight is 409 g/mol. The molecule has 2 nitrogen and oxygen atoms in total. The minimum absolute atomic E-state index is 0.0132. The summed E-state index contributed by atoms with van der Waals surface area (Å²) in [6.45, 7) is 14.4. The molecule has 0 fully saturated rings. The van der Waals surface area contributed by atoms with Crippen LogP contribution < -0.4 is 0 Å². The van der Waals surface area contributed by atoms with E-state index in [4.69, 9.17) is 4.74 Å². The van der Waals surface area contributed by atoms with Crippen molar-refractivity contribution in [3.63, 3.8) is 0 Å². The van der Waals surface area contributed by atoms with Crippen molar-refractivity contribution < 1.29 is 9.53 Å². The van der Waals surface area contributed by atoms with E-state index >= 15 is 0 Å². The van der Waals surface area contributed by atoms with Crippen molar-refractivity contribution in [1.29, 1.82) is 0 Å². The van der Waals surface area contributed by atoms with Gasteiger partial charge in [0.25, 0.3) is 0 Å². The summed E-state index contributed by atoms with van der Waals surface area (Å²) in [7, 11) is 0. The lowest BCUT2D eigenvalue weighted by Crippen LogP contribution is -2.15. The summed E-state index contributed by atoms with van der Waals surface area (Å²) in [6.07, 6.45) is 21.7. The molecular weight excluding hydrogens is 356 g/mol. The number of hydrogen-bond donors (Lipinski definition) is 0. The zero-order valence-electron chi connectivity index (χ0n) is 20.6. The van der Waals surface area contributed by atoms with Gasteiger partial charge in [-0.1, -0.05) is 117 Å². The second-order valence-electron chi connectivity index (χ2n) is 9.89. The number of hydrogen-bond acceptors (Lipinski definition) is 2. The molecule has 0 amide bonds. The first-order valence-corrected chi connectivity index (χ1v) is 12.7. The molecule has 0 bridgehead atoms. The summed E-state index contributed by atoms with van der Waals surface area (Å²) in [5.41, 5.74) is 0.489. The van der Waals surface area contributed by atoms with Crippen LogP contribution >= 0.6 is 0 Å². The number of carbonyl (C=O) groups is 1. The molecule has 0 aromatic heterocycles. The summed E-state index contributed by atoms with van der Waals surface area (Å²) in [6, 6.07) is 0. The van der Waals surface area contributed by atoms with E-state index in [1.807, 2.05) is 6.92 Å². The number of carbonyl (C=O) groups excluding carboxylic acids is 1. The van der Waals surface area contributed by atoms with Crippen molar-refractivity contribution >= 4 is 5.97 Å². The van der Waals surface area contributed by atoms with Gasteiger partial charge in [-0.3, -0.25) is 0 Å². The summed E-state index contributed by atoms with van der Waals surface area (Å²) in [5.74, 6) is 1.51. The van der Waals surface area contributed by atoms with Gasteiger partial charge in [0.1, 0.15) is 0 Å². The standard InChI is InChI=1S/C27H52O2/c1-23(2)19-15-11-8-7-9-12-16-20-25(5)21-17-13-10-14-18-22-26(6)29-27(28)24(3)4/h23,25-26H,3,7-22H2,1-2,4-6H3. The Morgan fingerprint density at radius 3 is 1.45 bits per heavy atom. The van der Waals surface area contributed by atoms with Crippen LogP contribution in [-0.4, -0.2) is 12.1 Å². The molecule has 0 saturated heterocycles. The summed E-state index contributed by atoms with van der Waals surface area (Å²) in [5, 5.41) is 0. The molecule has 2 atom stereocenters. The highest BCUT2D eigenvalue weighted by Crippen LogP contribution is 2.19. The minimum atomic E-state index is -0.256. The summed E-state index contributed by atoms with van der Waals surface area (Å²) in [4.78, 5) is 11.5. The Balaban J connectivity index is 3.34. The van der Waals surface area contributed by atoms with Gasteiger partial charge in [-0.2, -0.15) is 0 Å². The molecule has 0 rings (SSSR count). The maximum atomic E-state index is 11.5. The first-order valence-electron chi connectivity index (χ1n) is 12.7. The van der Waals surface area contributed by atoms with Crippen LogP contribution in [0.25, 0.3) is 0 Å². The second-order valence-corrected chi connectivity index (χ2v) is 9.89. The number of rotatable bonds is 20. The summed E-state index contributed by atoms with van der Waals surface area (Å²) >= 11 is 0. The van der Waals surface area contributed by atoms with Gasteiger partial charge < -0.3 is 4.74 Å². The van der Waals surface area contributed by atoms with E-state index < -0.39 is 0 Å². The number of unbranched alkanes of at least 4 members (excludes halogenated alkanes) is 10. The Bertz CT molecular complexity index is 399. The van der Waals surface area contributed by atoms with E-state index in [-0.39, 0.29) is 12.1 Å². The zero-order valence-corrected chi connectivity index (χ0v) is 20.6. The van der Waals surface area contributed by atoms with E-state index in [9.17, 15) is 4.79 Å². The highest BCUT2D eigenvalue weighted by Gasteiger charge is 2.09. The van der Waals surface area contributed by atoms with Crippen LogP contribution in [0.4, 0.5) is 0 Å². The molecule has 0 spiro atoms. The molecule has 2 unspecified atom stereocenters. The molecule has 29 heavy (non-hydrogen) atoms. The SMILES string of the molecule is C=C(C)C(=O)OC(C)CCCCCCCC(C)CCCCCCCCCC(C)C. The van der Waals surface area contributed by atoms with Crippen LogP contribution in [-0.2, 0) is 9.53 Å². The third-order valence-corrected chi connectivity index (χ3v) is 5.94. The second kappa shape index (κ2) is 19.2. The van der Waals surface area contributed by atoms with Crippen LogP contribution in [0.1, 0.15) is 137 Å². The normalized spacial score (nSPS) is 13.4. The lowest BCUT2D eigenvalue weighted by atomic mass is 9.95. The Morgan fingerprint density at radius 1 is 0.655 bits per heavy atom. The van der Waals surface area contributed by atoms with Gasteiger partial charge in [0.2, 0.25) is 0 Å². The van der Waals surface area contributed by atoms with Crippen LogP contribution in [0.15, 0.2) is 12.2 Å². The topological polar surface area (TPSA) is 26.3 Å². The van der Waals surface area contributed by atoms with E-state index in [0.717, 1.165) is 24.7 Å². The molecule has 0 aromatic rings. The van der Waals surface area contributed by atoms with Crippen molar-refractivity contribution in [1.82, 2.24) is 0 Å². The molecule has 172 valence electrons. The zero-order chi connectivity index (χ0) is 21.9. The Morgan fingerprint density at radius 2 is 1.03 bits per heavy atom. The highest BCUT2D eigenvalue weighted by atomic mass is 16.5. The first kappa shape index (κ1) is 28.2. The third-order valence-electron chi connectivity index (χ3n) is 5.94. The Hall–Kier alpha value is -0.790. The van der Waals surface area contributed by atoms with E-state index in [1.54, 1.807) is 6.92 Å². The fraction of sp³-hybridized carbons (Fsp3) is 0.889. The fourth-order valence-electron chi connectivity index (χ4n) is 3.87. The van der Waals surface area contributed by atoms with Gasteiger partial charge in [0.15, 0.2) is 0 Å².